The van der Waals surface area contributed by atoms with Crippen LogP contribution in [0, 0.1) is 0 Å². The molecule has 0 saturated carbocycles. The van der Waals surface area contributed by atoms with E-state index in [9.17, 15) is 0 Å². The molecule has 0 saturated heterocycles. The lowest BCUT2D eigenvalue weighted by Gasteiger charge is -2.08. The molecule has 0 spiro atoms. The largest absolute Gasteiger partial charge is 0.394 e. The van der Waals surface area contributed by atoms with Crippen LogP contribution in [0.4, 0.5) is 0 Å². The van der Waals surface area contributed by atoms with Gasteiger partial charge in [0.2, 0.25) is 0 Å². The number of hydrogen-bond acceptors (Lipinski definition) is 3. The maximum absolute atomic E-state index is 9.14. The van der Waals surface area contributed by atoms with Crippen LogP contribution in [0.5, 0.6) is 0 Å². The van der Waals surface area contributed by atoms with E-state index in [1.165, 1.54) is 116 Å². The molecule has 27 heavy (non-hydrogen) atoms. The summed E-state index contributed by atoms with van der Waals surface area (Å²) in [6, 6.07) is 0. The zero-order valence-corrected chi connectivity index (χ0v) is 18.4. The van der Waals surface area contributed by atoms with Gasteiger partial charge in [-0.2, -0.15) is 0 Å². The smallest absolute Gasteiger partial charge is 0.100 e. The Morgan fingerprint density at radius 1 is 0.556 bits per heavy atom. The van der Waals surface area contributed by atoms with Gasteiger partial charge in [-0.05, 0) is 6.42 Å². The maximum Gasteiger partial charge on any atom is 0.100 e. The molecule has 3 nitrogen and oxygen atoms in total. The molecule has 0 rings (SSSR count). The number of aliphatic hydroxyl groups excluding tert-OH is 2. The molecular formula is C24H50O3. The normalized spacial score (nSPS) is 12.6. The fourth-order valence-corrected chi connectivity index (χ4v) is 3.55. The summed E-state index contributed by atoms with van der Waals surface area (Å²) in [6.07, 6.45) is 25.7. The van der Waals surface area contributed by atoms with Gasteiger partial charge >= 0.3 is 0 Å². The van der Waals surface area contributed by atoms with Crippen molar-refractivity contribution in [1.29, 1.82) is 0 Å². The van der Waals surface area contributed by atoms with E-state index in [4.69, 9.17) is 14.9 Å². The first-order valence-corrected chi connectivity index (χ1v) is 12.2. The first-order valence-electron chi connectivity index (χ1n) is 12.2. The molecule has 0 bridgehead atoms. The lowest BCUT2D eigenvalue weighted by Crippen LogP contribution is -2.19. The SMILES string of the molecule is CCCCCCCCCCCCCCCCCCCCCOCC(O)CO. The Morgan fingerprint density at radius 3 is 1.22 bits per heavy atom. The zero-order chi connectivity index (χ0) is 19.8. The van der Waals surface area contributed by atoms with Crippen LogP contribution in [0.3, 0.4) is 0 Å². The molecule has 0 amide bonds. The molecule has 0 fully saturated rings. The Balaban J connectivity index is 2.99. The van der Waals surface area contributed by atoms with Crippen molar-refractivity contribution >= 4 is 0 Å². The van der Waals surface area contributed by atoms with Crippen molar-refractivity contribution in [2.45, 2.75) is 135 Å². The van der Waals surface area contributed by atoms with Crippen molar-refractivity contribution in [2.75, 3.05) is 19.8 Å². The van der Waals surface area contributed by atoms with Crippen molar-refractivity contribution < 1.29 is 14.9 Å². The van der Waals surface area contributed by atoms with Gasteiger partial charge in [0, 0.05) is 6.61 Å². The summed E-state index contributed by atoms with van der Waals surface area (Å²) in [7, 11) is 0. The highest BCUT2D eigenvalue weighted by Gasteiger charge is 2.00. The number of rotatable bonds is 23. The van der Waals surface area contributed by atoms with Crippen LogP contribution in [0.1, 0.15) is 129 Å². The minimum Gasteiger partial charge on any atom is -0.394 e. The molecule has 0 radical (unpaired) electrons. The van der Waals surface area contributed by atoms with Gasteiger partial charge < -0.3 is 14.9 Å². The Bertz CT molecular complexity index is 258. The second kappa shape index (κ2) is 23.9. The monoisotopic (exact) mass is 386 g/mol. The molecular weight excluding hydrogens is 336 g/mol. The summed E-state index contributed by atoms with van der Waals surface area (Å²) in [6.45, 7) is 3.04. The zero-order valence-electron chi connectivity index (χ0n) is 18.4. The van der Waals surface area contributed by atoms with E-state index in [0.717, 1.165) is 6.42 Å². The van der Waals surface area contributed by atoms with Crippen molar-refractivity contribution in [3.63, 3.8) is 0 Å². The topological polar surface area (TPSA) is 49.7 Å². The lowest BCUT2D eigenvalue weighted by atomic mass is 10.0. The van der Waals surface area contributed by atoms with Crippen molar-refractivity contribution in [1.82, 2.24) is 0 Å². The van der Waals surface area contributed by atoms with Crippen LogP contribution >= 0.6 is 0 Å². The molecule has 0 aliphatic heterocycles. The number of aliphatic hydroxyl groups is 2. The summed E-state index contributed by atoms with van der Waals surface area (Å²) >= 11 is 0. The predicted molar refractivity (Wildman–Crippen MR) is 117 cm³/mol. The second-order valence-electron chi connectivity index (χ2n) is 8.28. The average Bonchev–Trinajstić information content (AvgIpc) is 2.68. The van der Waals surface area contributed by atoms with E-state index in [0.29, 0.717) is 6.61 Å². The van der Waals surface area contributed by atoms with Gasteiger partial charge in [-0.3, -0.25) is 0 Å². The first kappa shape index (κ1) is 26.9. The minimum atomic E-state index is -0.717. The Kier molecular flexibility index (Phi) is 23.8. The van der Waals surface area contributed by atoms with Crippen molar-refractivity contribution in [3.05, 3.63) is 0 Å². The highest BCUT2D eigenvalue weighted by Crippen LogP contribution is 2.14. The summed E-state index contributed by atoms with van der Waals surface area (Å²) in [4.78, 5) is 0. The molecule has 0 aliphatic carbocycles. The molecule has 0 heterocycles. The molecule has 0 aromatic heterocycles. The van der Waals surface area contributed by atoms with Crippen LogP contribution in [-0.2, 0) is 4.74 Å². The number of unbranched alkanes of at least 4 members (excludes halogenated alkanes) is 18. The van der Waals surface area contributed by atoms with Crippen LogP contribution in [-0.4, -0.2) is 36.1 Å². The standard InChI is InChI=1S/C24H50O3/c1-2-3-4-5-6-7-8-9-10-11-12-13-14-15-16-17-18-19-20-21-27-23-24(26)22-25/h24-26H,2-23H2,1H3. The highest BCUT2D eigenvalue weighted by molar-refractivity contribution is 4.51. The van der Waals surface area contributed by atoms with Gasteiger partial charge in [0.25, 0.3) is 0 Å². The van der Waals surface area contributed by atoms with Crippen molar-refractivity contribution in [2.24, 2.45) is 0 Å². The fourth-order valence-electron chi connectivity index (χ4n) is 3.55. The quantitative estimate of drug-likeness (QED) is 0.190. The molecule has 2 N–H and O–H groups in total. The number of ether oxygens (including phenoxy) is 1. The van der Waals surface area contributed by atoms with Crippen LogP contribution in [0.2, 0.25) is 0 Å². The van der Waals surface area contributed by atoms with Crippen LogP contribution < -0.4 is 0 Å². The van der Waals surface area contributed by atoms with Crippen LogP contribution in [0.25, 0.3) is 0 Å². The minimum absolute atomic E-state index is 0.209. The summed E-state index contributed by atoms with van der Waals surface area (Å²) in [5, 5.41) is 17.8. The molecule has 1 atom stereocenters. The van der Waals surface area contributed by atoms with Gasteiger partial charge in [-0.15, -0.1) is 0 Å². The third-order valence-electron chi connectivity index (χ3n) is 5.41. The maximum atomic E-state index is 9.14. The Morgan fingerprint density at radius 2 is 0.889 bits per heavy atom. The van der Waals surface area contributed by atoms with Crippen molar-refractivity contribution in [3.8, 4) is 0 Å². The van der Waals surface area contributed by atoms with Gasteiger partial charge in [0.05, 0.1) is 13.2 Å². The average molecular weight is 387 g/mol. The van der Waals surface area contributed by atoms with E-state index in [-0.39, 0.29) is 13.2 Å². The summed E-state index contributed by atoms with van der Waals surface area (Å²) in [5.41, 5.74) is 0. The Labute approximate surface area is 170 Å². The summed E-state index contributed by atoms with van der Waals surface area (Å²) < 4.78 is 5.31. The van der Waals surface area contributed by atoms with E-state index in [2.05, 4.69) is 6.92 Å². The molecule has 1 unspecified atom stereocenters. The number of hydrogen-bond donors (Lipinski definition) is 2. The molecule has 0 aliphatic rings. The fraction of sp³-hybridized carbons (Fsp3) is 1.00. The molecule has 0 aromatic rings. The Hall–Kier alpha value is -0.120. The van der Waals surface area contributed by atoms with Gasteiger partial charge in [-0.1, -0.05) is 122 Å². The molecule has 0 aromatic carbocycles. The van der Waals surface area contributed by atoms with E-state index in [1.54, 1.807) is 0 Å². The molecule has 164 valence electrons. The van der Waals surface area contributed by atoms with E-state index in [1.807, 2.05) is 0 Å². The van der Waals surface area contributed by atoms with E-state index >= 15 is 0 Å². The van der Waals surface area contributed by atoms with E-state index < -0.39 is 6.10 Å². The van der Waals surface area contributed by atoms with Gasteiger partial charge in [-0.25, -0.2) is 0 Å². The van der Waals surface area contributed by atoms with Gasteiger partial charge in [0.1, 0.15) is 6.10 Å². The van der Waals surface area contributed by atoms with Crippen LogP contribution in [0.15, 0.2) is 0 Å². The molecule has 3 heteroatoms. The lowest BCUT2D eigenvalue weighted by molar-refractivity contribution is 0.00526. The third-order valence-corrected chi connectivity index (χ3v) is 5.41. The predicted octanol–water partition coefficient (Wildman–Crippen LogP) is 6.79. The van der Waals surface area contributed by atoms with Gasteiger partial charge in [0.15, 0.2) is 0 Å². The first-order chi connectivity index (χ1) is 13.3. The highest BCUT2D eigenvalue weighted by atomic mass is 16.5. The second-order valence-corrected chi connectivity index (χ2v) is 8.28. The summed E-state index contributed by atoms with van der Waals surface area (Å²) in [5.74, 6) is 0. The third kappa shape index (κ3) is 23.8.